The second kappa shape index (κ2) is 5.81. The molecule has 0 saturated heterocycles. The zero-order chi connectivity index (χ0) is 7.82. The molecule has 4 nitrogen and oxygen atoms in total. The van der Waals surface area contributed by atoms with Crippen LogP contribution in [0.15, 0.2) is 12.2 Å². The van der Waals surface area contributed by atoms with E-state index in [4.69, 9.17) is 5.11 Å². The van der Waals surface area contributed by atoms with E-state index in [2.05, 4.69) is 4.74 Å². The third-order valence-electron chi connectivity index (χ3n) is 0.720. The van der Waals surface area contributed by atoms with Crippen molar-refractivity contribution in [3.05, 3.63) is 12.2 Å². The zero-order valence-corrected chi connectivity index (χ0v) is 5.32. The first kappa shape index (κ1) is 8.68. The van der Waals surface area contributed by atoms with Gasteiger partial charge in [0, 0.05) is 0 Å². The van der Waals surface area contributed by atoms with Crippen LogP contribution in [-0.2, 0) is 14.3 Å². The molecule has 0 amide bonds. The molecule has 0 spiro atoms. The summed E-state index contributed by atoms with van der Waals surface area (Å²) in [5.74, 6) is -0.901. The van der Waals surface area contributed by atoms with Crippen molar-refractivity contribution < 1.29 is 19.4 Å². The van der Waals surface area contributed by atoms with E-state index in [-0.39, 0.29) is 13.0 Å². The summed E-state index contributed by atoms with van der Waals surface area (Å²) in [4.78, 5) is 19.4. The summed E-state index contributed by atoms with van der Waals surface area (Å²) in [6, 6.07) is 0. The van der Waals surface area contributed by atoms with Gasteiger partial charge in [-0.1, -0.05) is 12.2 Å². The number of ether oxygens (including phenoxy) is 1. The fraction of sp³-hybridized carbons (Fsp3) is 0.333. The summed E-state index contributed by atoms with van der Waals surface area (Å²) in [5.41, 5.74) is 0. The summed E-state index contributed by atoms with van der Waals surface area (Å²) in [6.07, 6.45) is 2.86. The third kappa shape index (κ3) is 6.68. The van der Waals surface area contributed by atoms with Crippen LogP contribution in [0.3, 0.4) is 0 Å². The number of hydrogen-bond acceptors (Lipinski definition) is 3. The van der Waals surface area contributed by atoms with Gasteiger partial charge in [-0.2, -0.15) is 0 Å². The van der Waals surface area contributed by atoms with Crippen LogP contribution in [0.4, 0.5) is 0 Å². The van der Waals surface area contributed by atoms with Gasteiger partial charge in [0.05, 0.1) is 6.42 Å². The Kier molecular flexibility index (Phi) is 5.04. The summed E-state index contributed by atoms with van der Waals surface area (Å²) in [5, 5.41) is 8.11. The molecule has 0 heterocycles. The Labute approximate surface area is 58.1 Å². The van der Waals surface area contributed by atoms with Crippen LogP contribution in [-0.4, -0.2) is 24.2 Å². The fourth-order valence-electron chi connectivity index (χ4n) is 0.347. The maximum absolute atomic E-state index is 9.87. The highest BCUT2D eigenvalue weighted by molar-refractivity contribution is 5.68. The van der Waals surface area contributed by atoms with Gasteiger partial charge < -0.3 is 9.84 Å². The molecule has 0 atom stereocenters. The van der Waals surface area contributed by atoms with E-state index in [0.717, 1.165) is 0 Å². The first-order chi connectivity index (χ1) is 4.77. The molecule has 0 aliphatic heterocycles. The van der Waals surface area contributed by atoms with Crippen LogP contribution >= 0.6 is 0 Å². The number of aliphatic carboxylic acids is 1. The Bertz CT molecular complexity index is 139. The molecule has 0 saturated carbocycles. The summed E-state index contributed by atoms with van der Waals surface area (Å²) in [7, 11) is 0. The Balaban J connectivity index is 3.20. The molecule has 0 aromatic heterocycles. The van der Waals surface area contributed by atoms with Crippen molar-refractivity contribution in [2.75, 3.05) is 6.61 Å². The Morgan fingerprint density at radius 1 is 1.50 bits per heavy atom. The second-order valence-electron chi connectivity index (χ2n) is 1.50. The van der Waals surface area contributed by atoms with Crippen LogP contribution in [0.1, 0.15) is 6.42 Å². The average molecular weight is 144 g/mol. The van der Waals surface area contributed by atoms with Crippen LogP contribution in [0.5, 0.6) is 0 Å². The van der Waals surface area contributed by atoms with Crippen LogP contribution < -0.4 is 0 Å². The lowest BCUT2D eigenvalue weighted by Crippen LogP contribution is -1.91. The highest BCUT2D eigenvalue weighted by Gasteiger charge is 1.87. The molecule has 0 aromatic carbocycles. The van der Waals surface area contributed by atoms with Gasteiger partial charge in [-0.25, -0.2) is 0 Å². The quantitative estimate of drug-likeness (QED) is 0.340. The molecule has 0 bridgehead atoms. The highest BCUT2D eigenvalue weighted by atomic mass is 16.5. The van der Waals surface area contributed by atoms with Crippen molar-refractivity contribution >= 4 is 12.4 Å². The summed E-state index contributed by atoms with van der Waals surface area (Å²) >= 11 is 0. The third-order valence-corrected chi connectivity index (χ3v) is 0.720. The van der Waals surface area contributed by atoms with Gasteiger partial charge in [-0.15, -0.1) is 0 Å². The summed E-state index contributed by atoms with van der Waals surface area (Å²) < 4.78 is 4.26. The van der Waals surface area contributed by atoms with Gasteiger partial charge in [0.25, 0.3) is 6.47 Å². The molecule has 0 fully saturated rings. The van der Waals surface area contributed by atoms with E-state index in [0.29, 0.717) is 6.47 Å². The molecular weight excluding hydrogens is 136 g/mol. The topological polar surface area (TPSA) is 63.6 Å². The second-order valence-corrected chi connectivity index (χ2v) is 1.50. The lowest BCUT2D eigenvalue weighted by molar-refractivity contribution is -0.136. The Hall–Kier alpha value is -1.32. The van der Waals surface area contributed by atoms with E-state index < -0.39 is 5.97 Å². The van der Waals surface area contributed by atoms with E-state index in [9.17, 15) is 9.59 Å². The van der Waals surface area contributed by atoms with Gasteiger partial charge >= 0.3 is 5.97 Å². The minimum Gasteiger partial charge on any atom is -0.481 e. The minimum atomic E-state index is -0.901. The Morgan fingerprint density at radius 2 is 2.20 bits per heavy atom. The molecule has 0 aliphatic rings. The first-order valence-electron chi connectivity index (χ1n) is 2.69. The van der Waals surface area contributed by atoms with Crippen molar-refractivity contribution in [3.63, 3.8) is 0 Å². The van der Waals surface area contributed by atoms with Gasteiger partial charge in [0.15, 0.2) is 0 Å². The average Bonchev–Trinajstić information content (AvgIpc) is 1.87. The van der Waals surface area contributed by atoms with Gasteiger partial charge in [-0.3, -0.25) is 9.59 Å². The number of carboxylic acids is 1. The van der Waals surface area contributed by atoms with Crippen LogP contribution in [0, 0.1) is 0 Å². The molecule has 4 heteroatoms. The highest BCUT2D eigenvalue weighted by Crippen LogP contribution is 1.81. The molecule has 1 N–H and O–H groups in total. The number of carbonyl (C=O) groups excluding carboxylic acids is 1. The van der Waals surface area contributed by atoms with E-state index in [1.165, 1.54) is 12.2 Å². The molecule has 56 valence electrons. The molecule has 0 aromatic rings. The molecule has 0 rings (SSSR count). The maximum atomic E-state index is 9.87. The lowest BCUT2D eigenvalue weighted by atomic mass is 10.4. The zero-order valence-electron chi connectivity index (χ0n) is 5.32. The van der Waals surface area contributed by atoms with Crippen molar-refractivity contribution in [3.8, 4) is 0 Å². The molecular formula is C6H8O4. The minimum absolute atomic E-state index is 0.0395. The number of hydrogen-bond donors (Lipinski definition) is 1. The molecule has 0 radical (unpaired) electrons. The van der Waals surface area contributed by atoms with Gasteiger partial charge in [-0.05, 0) is 0 Å². The van der Waals surface area contributed by atoms with Crippen LogP contribution in [0.2, 0.25) is 0 Å². The first-order valence-corrected chi connectivity index (χ1v) is 2.69. The van der Waals surface area contributed by atoms with Crippen molar-refractivity contribution in [2.24, 2.45) is 0 Å². The number of carbonyl (C=O) groups is 2. The lowest BCUT2D eigenvalue weighted by Gasteiger charge is -1.87. The standard InChI is InChI=1S/C6H8O4/c7-5-10-4-2-1-3-6(8)9/h1-2,5H,3-4H2,(H,8,9). The van der Waals surface area contributed by atoms with Crippen molar-refractivity contribution in [2.45, 2.75) is 6.42 Å². The monoisotopic (exact) mass is 144 g/mol. The smallest absolute Gasteiger partial charge is 0.307 e. The van der Waals surface area contributed by atoms with E-state index in [1.807, 2.05) is 0 Å². The van der Waals surface area contributed by atoms with Gasteiger partial charge in [0.2, 0.25) is 0 Å². The predicted octanol–water partition coefficient (Wildman–Crippen LogP) is 0.190. The van der Waals surface area contributed by atoms with Crippen molar-refractivity contribution in [1.29, 1.82) is 0 Å². The van der Waals surface area contributed by atoms with E-state index in [1.54, 1.807) is 0 Å². The molecule has 0 aliphatic carbocycles. The Morgan fingerprint density at radius 3 is 2.70 bits per heavy atom. The van der Waals surface area contributed by atoms with Crippen molar-refractivity contribution in [1.82, 2.24) is 0 Å². The fourth-order valence-corrected chi connectivity index (χ4v) is 0.347. The molecule has 0 unspecified atom stereocenters. The molecule has 10 heavy (non-hydrogen) atoms. The normalized spacial score (nSPS) is 9.60. The summed E-state index contributed by atoms with van der Waals surface area (Å²) in [6.45, 7) is 0.446. The largest absolute Gasteiger partial charge is 0.481 e. The SMILES string of the molecule is O=COCC=CCC(=O)O. The van der Waals surface area contributed by atoms with E-state index >= 15 is 0 Å². The van der Waals surface area contributed by atoms with Gasteiger partial charge in [0.1, 0.15) is 6.61 Å². The van der Waals surface area contributed by atoms with Crippen LogP contribution in [0.25, 0.3) is 0 Å². The predicted molar refractivity (Wildman–Crippen MR) is 33.4 cm³/mol. The number of rotatable bonds is 5. The maximum Gasteiger partial charge on any atom is 0.307 e. The number of carboxylic acid groups (broad SMARTS) is 1.